The molecule has 2 amide bonds. The predicted octanol–water partition coefficient (Wildman–Crippen LogP) is 2.12. The van der Waals surface area contributed by atoms with E-state index in [1.54, 1.807) is 4.90 Å². The number of carbonyl (C=O) groups excluding carboxylic acids is 2. The van der Waals surface area contributed by atoms with Crippen molar-refractivity contribution in [1.82, 2.24) is 10.2 Å². The quantitative estimate of drug-likeness (QED) is 0.875. The fourth-order valence-corrected chi connectivity index (χ4v) is 4.40. The van der Waals surface area contributed by atoms with Gasteiger partial charge in [-0.1, -0.05) is 17.7 Å². The number of aryl methyl sites for hydroxylation is 1. The van der Waals surface area contributed by atoms with E-state index in [2.05, 4.69) is 10.2 Å². The Hall–Kier alpha value is -1.59. The molecule has 0 spiro atoms. The zero-order chi connectivity index (χ0) is 16.7. The highest BCUT2D eigenvalue weighted by Gasteiger charge is 2.44. The number of halogens is 1. The normalized spacial score (nSPS) is 28.7. The highest BCUT2D eigenvalue weighted by molar-refractivity contribution is 6.00. The summed E-state index contributed by atoms with van der Waals surface area (Å²) in [6.45, 7) is 4.43. The molecule has 6 heteroatoms. The van der Waals surface area contributed by atoms with Gasteiger partial charge in [-0.2, -0.15) is 0 Å². The van der Waals surface area contributed by atoms with Crippen LogP contribution >= 0.6 is 12.4 Å². The number of nitrogens with one attached hydrogen (secondary N) is 1. The number of hydrogen-bond donors (Lipinski definition) is 1. The summed E-state index contributed by atoms with van der Waals surface area (Å²) >= 11 is 0. The van der Waals surface area contributed by atoms with E-state index in [0.29, 0.717) is 25.0 Å². The van der Waals surface area contributed by atoms with Crippen molar-refractivity contribution in [3.63, 3.8) is 0 Å². The Morgan fingerprint density at radius 1 is 1.12 bits per heavy atom. The maximum absolute atomic E-state index is 13.1. The summed E-state index contributed by atoms with van der Waals surface area (Å²) in [5.41, 5.74) is 2.08. The Balaban J connectivity index is 0.00000182. The van der Waals surface area contributed by atoms with E-state index in [4.69, 9.17) is 0 Å². The van der Waals surface area contributed by atoms with E-state index < -0.39 is 0 Å². The van der Waals surface area contributed by atoms with Gasteiger partial charge >= 0.3 is 0 Å². The Kier molecular flexibility index (Phi) is 5.35. The maximum Gasteiger partial charge on any atom is 0.228 e. The third kappa shape index (κ3) is 3.40. The number of rotatable bonds is 2. The summed E-state index contributed by atoms with van der Waals surface area (Å²) < 4.78 is 0. The molecule has 25 heavy (non-hydrogen) atoms. The fraction of sp³-hybridized carbons (Fsp3) is 0.579. The van der Waals surface area contributed by atoms with Gasteiger partial charge in [0, 0.05) is 37.3 Å². The van der Waals surface area contributed by atoms with Gasteiger partial charge in [-0.05, 0) is 44.9 Å². The summed E-state index contributed by atoms with van der Waals surface area (Å²) in [6.07, 6.45) is 3.58. The van der Waals surface area contributed by atoms with Crippen molar-refractivity contribution in [2.24, 2.45) is 5.92 Å². The zero-order valence-corrected chi connectivity index (χ0v) is 15.4. The molecule has 3 aliphatic heterocycles. The van der Waals surface area contributed by atoms with Crippen LogP contribution in [0, 0.1) is 12.8 Å². The number of carbonyl (C=O) groups is 2. The molecule has 0 aliphatic carbocycles. The van der Waals surface area contributed by atoms with Crippen LogP contribution < -0.4 is 10.2 Å². The highest BCUT2D eigenvalue weighted by Crippen LogP contribution is 2.33. The van der Waals surface area contributed by atoms with Crippen LogP contribution in [0.25, 0.3) is 0 Å². The molecule has 1 N–H and O–H groups in total. The lowest BCUT2D eigenvalue weighted by Gasteiger charge is -2.30. The molecule has 2 bridgehead atoms. The highest BCUT2D eigenvalue weighted by atomic mass is 35.5. The number of amides is 2. The average Bonchev–Trinajstić information content (AvgIpc) is 3.06. The fourth-order valence-electron chi connectivity index (χ4n) is 4.40. The molecule has 3 unspecified atom stereocenters. The van der Waals surface area contributed by atoms with Crippen molar-refractivity contribution in [1.29, 1.82) is 0 Å². The van der Waals surface area contributed by atoms with Crippen LogP contribution in [0.15, 0.2) is 24.3 Å². The molecule has 3 fully saturated rings. The lowest BCUT2D eigenvalue weighted by Crippen LogP contribution is -2.46. The molecule has 4 rings (SSSR count). The summed E-state index contributed by atoms with van der Waals surface area (Å²) in [5.74, 6) is 0.0617. The van der Waals surface area contributed by atoms with Gasteiger partial charge in [-0.15, -0.1) is 12.4 Å². The van der Waals surface area contributed by atoms with E-state index in [-0.39, 0.29) is 30.1 Å². The second-order valence-electron chi connectivity index (χ2n) is 7.36. The van der Waals surface area contributed by atoms with Crippen LogP contribution in [0.1, 0.15) is 31.2 Å². The minimum atomic E-state index is -0.194. The molecule has 1 aromatic rings. The van der Waals surface area contributed by atoms with E-state index in [0.717, 1.165) is 38.0 Å². The molecule has 3 aliphatic rings. The monoisotopic (exact) mass is 363 g/mol. The van der Waals surface area contributed by atoms with E-state index in [1.807, 2.05) is 31.2 Å². The summed E-state index contributed by atoms with van der Waals surface area (Å²) in [4.78, 5) is 29.4. The lowest BCUT2D eigenvalue weighted by atomic mass is 10.1. The maximum atomic E-state index is 13.1. The minimum absolute atomic E-state index is 0. The molecular weight excluding hydrogens is 338 g/mol. The molecule has 136 valence electrons. The van der Waals surface area contributed by atoms with Gasteiger partial charge in [0.1, 0.15) is 0 Å². The van der Waals surface area contributed by atoms with Gasteiger partial charge in [0.25, 0.3) is 0 Å². The van der Waals surface area contributed by atoms with Crippen molar-refractivity contribution in [3.8, 4) is 0 Å². The molecule has 1 aromatic carbocycles. The van der Waals surface area contributed by atoms with Gasteiger partial charge in [0.15, 0.2) is 0 Å². The summed E-state index contributed by atoms with van der Waals surface area (Å²) in [6, 6.07) is 8.64. The molecule has 5 nitrogen and oxygen atoms in total. The third-order valence-electron chi connectivity index (χ3n) is 5.73. The topological polar surface area (TPSA) is 52.7 Å². The van der Waals surface area contributed by atoms with E-state index in [9.17, 15) is 9.59 Å². The predicted molar refractivity (Wildman–Crippen MR) is 100 cm³/mol. The second-order valence-corrected chi connectivity index (χ2v) is 7.36. The van der Waals surface area contributed by atoms with Gasteiger partial charge in [-0.3, -0.25) is 9.59 Å². The Morgan fingerprint density at radius 3 is 2.60 bits per heavy atom. The van der Waals surface area contributed by atoms with Crippen LogP contribution in [0.4, 0.5) is 5.69 Å². The van der Waals surface area contributed by atoms with Crippen molar-refractivity contribution >= 4 is 29.9 Å². The van der Waals surface area contributed by atoms with Gasteiger partial charge in [-0.25, -0.2) is 0 Å². The summed E-state index contributed by atoms with van der Waals surface area (Å²) in [7, 11) is 0. The standard InChI is InChI=1S/C19H25N3O2.ClH/c1-13-2-4-15(5-3-13)21-12-14(10-18(21)23)19(24)22-16-6-7-17(22)11-20-9-8-16;/h2-5,14,16-17,20H,6-12H2,1H3;1H. The Labute approximate surface area is 155 Å². The summed E-state index contributed by atoms with van der Waals surface area (Å²) in [5, 5.41) is 3.43. The SMILES string of the molecule is Cc1ccc(N2CC(C(=O)N3C4CCNCC3CC4)CC2=O)cc1.Cl. The molecule has 0 aromatic heterocycles. The second kappa shape index (κ2) is 7.34. The number of hydrogen-bond acceptors (Lipinski definition) is 3. The van der Waals surface area contributed by atoms with Gasteiger partial charge < -0.3 is 15.1 Å². The average molecular weight is 364 g/mol. The molecular formula is C19H26ClN3O2. The largest absolute Gasteiger partial charge is 0.335 e. The van der Waals surface area contributed by atoms with Crippen LogP contribution in [-0.2, 0) is 9.59 Å². The van der Waals surface area contributed by atoms with Crippen LogP contribution in [-0.4, -0.2) is 48.4 Å². The first-order chi connectivity index (χ1) is 11.6. The number of anilines is 1. The van der Waals surface area contributed by atoms with Crippen molar-refractivity contribution in [2.45, 2.75) is 44.7 Å². The van der Waals surface area contributed by atoms with Gasteiger partial charge in [0.05, 0.1) is 5.92 Å². The molecule has 3 atom stereocenters. The van der Waals surface area contributed by atoms with Crippen LogP contribution in [0.2, 0.25) is 0 Å². The number of benzene rings is 1. The molecule has 3 saturated heterocycles. The molecule has 3 heterocycles. The smallest absolute Gasteiger partial charge is 0.228 e. The number of fused-ring (bicyclic) bond motifs is 2. The minimum Gasteiger partial charge on any atom is -0.335 e. The van der Waals surface area contributed by atoms with Crippen molar-refractivity contribution in [3.05, 3.63) is 29.8 Å². The van der Waals surface area contributed by atoms with Crippen LogP contribution in [0.3, 0.4) is 0 Å². The lowest BCUT2D eigenvalue weighted by molar-refractivity contribution is -0.138. The number of nitrogens with zero attached hydrogens (tertiary/aromatic N) is 2. The first-order valence-electron chi connectivity index (χ1n) is 9.03. The van der Waals surface area contributed by atoms with Crippen LogP contribution in [0.5, 0.6) is 0 Å². The third-order valence-corrected chi connectivity index (χ3v) is 5.73. The van der Waals surface area contributed by atoms with E-state index in [1.165, 1.54) is 5.56 Å². The Bertz CT molecular complexity index is 635. The first kappa shape index (κ1) is 18.2. The van der Waals surface area contributed by atoms with E-state index >= 15 is 0 Å². The Morgan fingerprint density at radius 2 is 1.84 bits per heavy atom. The van der Waals surface area contributed by atoms with Crippen molar-refractivity contribution < 1.29 is 9.59 Å². The van der Waals surface area contributed by atoms with Gasteiger partial charge in [0.2, 0.25) is 11.8 Å². The zero-order valence-electron chi connectivity index (χ0n) is 14.6. The molecule has 0 saturated carbocycles. The first-order valence-corrected chi connectivity index (χ1v) is 9.03. The van der Waals surface area contributed by atoms with Crippen molar-refractivity contribution in [2.75, 3.05) is 24.5 Å². The molecule has 0 radical (unpaired) electrons.